The Kier molecular flexibility index (Phi) is 4.83. The van der Waals surface area contributed by atoms with Gasteiger partial charge in [-0.3, -0.25) is 10.1 Å². The van der Waals surface area contributed by atoms with Gasteiger partial charge in [-0.05, 0) is 17.9 Å². The summed E-state index contributed by atoms with van der Waals surface area (Å²) < 4.78 is 13.8. The normalized spacial score (nSPS) is 13.1. The smallest absolute Gasteiger partial charge is 0.272 e. The van der Waals surface area contributed by atoms with E-state index in [1.54, 1.807) is 0 Å². The summed E-state index contributed by atoms with van der Waals surface area (Å²) in [4.78, 5) is 9.90. The molecule has 5 nitrogen and oxygen atoms in total. The van der Waals surface area contributed by atoms with Crippen LogP contribution in [-0.4, -0.2) is 22.7 Å². The van der Waals surface area contributed by atoms with Crippen LogP contribution < -0.4 is 5.32 Å². The standard InChI is InChI=1S/C13H19FN2O3/c1-13(2,3)12(6-7-17)15-11-5-4-9(16(18)19)8-10(11)14/h4-5,8,12,15,17H,6-7H2,1-3H3. The number of anilines is 1. The van der Waals surface area contributed by atoms with E-state index in [9.17, 15) is 14.5 Å². The molecule has 0 bridgehead atoms. The van der Waals surface area contributed by atoms with Crippen molar-refractivity contribution in [3.05, 3.63) is 34.1 Å². The first-order chi connectivity index (χ1) is 8.75. The van der Waals surface area contributed by atoms with Crippen LogP contribution in [0.4, 0.5) is 15.8 Å². The number of aliphatic hydroxyl groups is 1. The molecular weight excluding hydrogens is 251 g/mol. The first kappa shape index (κ1) is 15.4. The van der Waals surface area contributed by atoms with E-state index in [1.807, 2.05) is 20.8 Å². The van der Waals surface area contributed by atoms with Gasteiger partial charge in [0.05, 0.1) is 16.7 Å². The van der Waals surface area contributed by atoms with Crippen LogP contribution in [0.5, 0.6) is 0 Å². The second kappa shape index (κ2) is 5.97. The highest BCUT2D eigenvalue weighted by atomic mass is 19.1. The molecule has 2 N–H and O–H groups in total. The van der Waals surface area contributed by atoms with E-state index in [0.717, 1.165) is 6.07 Å². The zero-order valence-corrected chi connectivity index (χ0v) is 11.3. The largest absolute Gasteiger partial charge is 0.396 e. The topological polar surface area (TPSA) is 75.4 Å². The molecule has 0 saturated carbocycles. The van der Waals surface area contributed by atoms with Crippen molar-refractivity contribution >= 4 is 11.4 Å². The highest BCUT2D eigenvalue weighted by molar-refractivity contribution is 5.51. The van der Waals surface area contributed by atoms with Gasteiger partial charge in [0, 0.05) is 18.7 Å². The quantitative estimate of drug-likeness (QED) is 0.637. The Balaban J connectivity index is 2.94. The van der Waals surface area contributed by atoms with E-state index >= 15 is 0 Å². The third kappa shape index (κ3) is 4.17. The highest BCUT2D eigenvalue weighted by Gasteiger charge is 2.25. The summed E-state index contributed by atoms with van der Waals surface area (Å²) in [5.74, 6) is -0.665. The van der Waals surface area contributed by atoms with Gasteiger partial charge >= 0.3 is 0 Å². The summed E-state index contributed by atoms with van der Waals surface area (Å²) in [5.41, 5.74) is -0.242. The molecule has 1 atom stereocenters. The first-order valence-electron chi connectivity index (χ1n) is 6.07. The summed E-state index contributed by atoms with van der Waals surface area (Å²) in [6, 6.07) is 3.36. The van der Waals surface area contributed by atoms with Crippen molar-refractivity contribution in [1.29, 1.82) is 0 Å². The SMILES string of the molecule is CC(C)(C)C(CCO)Nc1ccc([N+](=O)[O-])cc1F. The van der Waals surface area contributed by atoms with Gasteiger partial charge in [-0.2, -0.15) is 0 Å². The zero-order valence-electron chi connectivity index (χ0n) is 11.3. The van der Waals surface area contributed by atoms with E-state index in [4.69, 9.17) is 5.11 Å². The summed E-state index contributed by atoms with van der Waals surface area (Å²) in [7, 11) is 0. The number of benzene rings is 1. The van der Waals surface area contributed by atoms with Gasteiger partial charge in [0.15, 0.2) is 5.82 Å². The average Bonchev–Trinajstić information content (AvgIpc) is 2.29. The Bertz CT molecular complexity index is 458. The summed E-state index contributed by atoms with van der Waals surface area (Å²) in [5, 5.41) is 22.6. The molecule has 0 aliphatic carbocycles. The zero-order chi connectivity index (χ0) is 14.6. The number of aliphatic hydroxyl groups excluding tert-OH is 1. The monoisotopic (exact) mass is 270 g/mol. The molecule has 106 valence electrons. The number of nitro benzene ring substituents is 1. The number of nitrogens with one attached hydrogen (secondary N) is 1. The second-order valence-electron chi connectivity index (χ2n) is 5.50. The number of halogens is 1. The fourth-order valence-corrected chi connectivity index (χ4v) is 1.77. The van der Waals surface area contributed by atoms with Crippen LogP contribution in [0.1, 0.15) is 27.2 Å². The van der Waals surface area contributed by atoms with Gasteiger partial charge in [0.1, 0.15) is 0 Å². The molecule has 0 aliphatic heterocycles. The number of nitro groups is 1. The van der Waals surface area contributed by atoms with Crippen LogP contribution in [0.3, 0.4) is 0 Å². The summed E-state index contributed by atoms with van der Waals surface area (Å²) >= 11 is 0. The van der Waals surface area contributed by atoms with Gasteiger partial charge in [-0.25, -0.2) is 4.39 Å². The Hall–Kier alpha value is -1.69. The van der Waals surface area contributed by atoms with E-state index in [1.165, 1.54) is 12.1 Å². The third-order valence-corrected chi connectivity index (χ3v) is 2.96. The highest BCUT2D eigenvalue weighted by Crippen LogP contribution is 2.28. The molecule has 0 heterocycles. The molecule has 0 radical (unpaired) electrons. The van der Waals surface area contributed by atoms with Gasteiger partial charge in [-0.15, -0.1) is 0 Å². The Labute approximate surface area is 111 Å². The van der Waals surface area contributed by atoms with Crippen molar-refractivity contribution in [2.45, 2.75) is 33.2 Å². The van der Waals surface area contributed by atoms with Crippen molar-refractivity contribution in [2.24, 2.45) is 5.41 Å². The lowest BCUT2D eigenvalue weighted by molar-refractivity contribution is -0.385. The molecule has 0 amide bonds. The van der Waals surface area contributed by atoms with E-state index in [0.29, 0.717) is 6.42 Å². The fourth-order valence-electron chi connectivity index (χ4n) is 1.77. The molecule has 0 fully saturated rings. The third-order valence-electron chi connectivity index (χ3n) is 2.96. The maximum absolute atomic E-state index is 13.8. The molecule has 0 saturated heterocycles. The van der Waals surface area contributed by atoms with Crippen molar-refractivity contribution in [2.75, 3.05) is 11.9 Å². The Morgan fingerprint density at radius 2 is 2.11 bits per heavy atom. The molecule has 1 aromatic carbocycles. The predicted octanol–water partition coefficient (Wildman–Crippen LogP) is 2.94. The predicted molar refractivity (Wildman–Crippen MR) is 71.6 cm³/mol. The lowest BCUT2D eigenvalue weighted by atomic mass is 9.84. The lowest BCUT2D eigenvalue weighted by Crippen LogP contribution is -2.35. The summed E-state index contributed by atoms with van der Waals surface area (Å²) in [6.07, 6.45) is 0.472. The number of hydrogen-bond acceptors (Lipinski definition) is 4. The molecule has 6 heteroatoms. The van der Waals surface area contributed by atoms with E-state index < -0.39 is 10.7 Å². The fraction of sp³-hybridized carbons (Fsp3) is 0.538. The number of rotatable bonds is 5. The summed E-state index contributed by atoms with van der Waals surface area (Å²) in [6.45, 7) is 5.92. The number of hydrogen-bond donors (Lipinski definition) is 2. The Morgan fingerprint density at radius 1 is 1.47 bits per heavy atom. The molecular formula is C13H19FN2O3. The van der Waals surface area contributed by atoms with Crippen LogP contribution in [0.2, 0.25) is 0 Å². The average molecular weight is 270 g/mol. The number of nitrogens with zero attached hydrogens (tertiary/aromatic N) is 1. The molecule has 1 unspecified atom stereocenters. The van der Waals surface area contributed by atoms with Crippen molar-refractivity contribution < 1.29 is 14.4 Å². The van der Waals surface area contributed by atoms with Crippen molar-refractivity contribution in [1.82, 2.24) is 0 Å². The van der Waals surface area contributed by atoms with Gasteiger partial charge in [0.2, 0.25) is 0 Å². The van der Waals surface area contributed by atoms with Gasteiger partial charge < -0.3 is 10.4 Å². The van der Waals surface area contributed by atoms with Crippen LogP contribution >= 0.6 is 0 Å². The van der Waals surface area contributed by atoms with Gasteiger partial charge in [-0.1, -0.05) is 20.8 Å². The van der Waals surface area contributed by atoms with Crippen LogP contribution in [0.15, 0.2) is 18.2 Å². The van der Waals surface area contributed by atoms with Crippen molar-refractivity contribution in [3.8, 4) is 0 Å². The van der Waals surface area contributed by atoms with Crippen LogP contribution in [0, 0.1) is 21.3 Å². The second-order valence-corrected chi connectivity index (χ2v) is 5.50. The number of non-ortho nitro benzene ring substituents is 1. The minimum absolute atomic E-state index is 0.0104. The van der Waals surface area contributed by atoms with E-state index in [2.05, 4.69) is 5.32 Å². The maximum Gasteiger partial charge on any atom is 0.272 e. The molecule has 0 aromatic heterocycles. The molecule has 1 aromatic rings. The Morgan fingerprint density at radius 3 is 2.53 bits per heavy atom. The van der Waals surface area contributed by atoms with Gasteiger partial charge in [0.25, 0.3) is 5.69 Å². The molecule has 1 rings (SSSR count). The molecule has 19 heavy (non-hydrogen) atoms. The van der Waals surface area contributed by atoms with Crippen molar-refractivity contribution in [3.63, 3.8) is 0 Å². The minimum Gasteiger partial charge on any atom is -0.396 e. The van der Waals surface area contributed by atoms with Crippen LogP contribution in [-0.2, 0) is 0 Å². The lowest BCUT2D eigenvalue weighted by Gasteiger charge is -2.32. The van der Waals surface area contributed by atoms with Crippen LogP contribution in [0.25, 0.3) is 0 Å². The first-order valence-corrected chi connectivity index (χ1v) is 6.07. The minimum atomic E-state index is -0.665. The molecule has 0 spiro atoms. The van der Waals surface area contributed by atoms with E-state index in [-0.39, 0.29) is 29.4 Å². The maximum atomic E-state index is 13.8. The molecule has 0 aliphatic rings.